The minimum absolute atomic E-state index is 0.231. The molecule has 2 rings (SSSR count). The predicted molar refractivity (Wildman–Crippen MR) is 72.2 cm³/mol. The Bertz CT molecular complexity index is 543. The fourth-order valence-electron chi connectivity index (χ4n) is 1.86. The summed E-state index contributed by atoms with van der Waals surface area (Å²) in [6.07, 6.45) is 2.60. The van der Waals surface area contributed by atoms with Crippen LogP contribution in [0.3, 0.4) is 0 Å². The predicted octanol–water partition coefficient (Wildman–Crippen LogP) is 3.00. The van der Waals surface area contributed by atoms with Gasteiger partial charge in [-0.1, -0.05) is 30.3 Å². The smallest absolute Gasteiger partial charge is 0.144 e. The minimum Gasteiger partial charge on any atom is -0.366 e. The quantitative estimate of drug-likeness (QED) is 0.889. The van der Waals surface area contributed by atoms with Gasteiger partial charge in [0.15, 0.2) is 0 Å². The van der Waals surface area contributed by atoms with Crippen LogP contribution in [-0.4, -0.2) is 11.0 Å². The number of anilines is 1. The molecule has 2 aromatic rings. The average Bonchev–Trinajstić information content (AvgIpc) is 2.40. The zero-order chi connectivity index (χ0) is 12.8. The van der Waals surface area contributed by atoms with E-state index in [-0.39, 0.29) is 6.04 Å². The molecule has 0 saturated carbocycles. The highest BCUT2D eigenvalue weighted by Gasteiger charge is 2.07. The second kappa shape index (κ2) is 5.83. The van der Waals surface area contributed by atoms with E-state index >= 15 is 0 Å². The Morgan fingerprint density at radius 3 is 2.72 bits per heavy atom. The van der Waals surface area contributed by atoms with Gasteiger partial charge in [0.25, 0.3) is 0 Å². The molecule has 0 aliphatic heterocycles. The van der Waals surface area contributed by atoms with Gasteiger partial charge in [-0.15, -0.1) is 0 Å². The summed E-state index contributed by atoms with van der Waals surface area (Å²) in [7, 11) is 0. The number of nitriles is 1. The lowest BCUT2D eigenvalue weighted by Crippen LogP contribution is -2.19. The molecule has 0 aliphatic rings. The molecule has 1 aromatic heterocycles. The van der Waals surface area contributed by atoms with E-state index in [1.807, 2.05) is 18.2 Å². The van der Waals surface area contributed by atoms with Crippen LogP contribution in [0.4, 0.5) is 5.82 Å². The standard InChI is InChI=1S/C15H15N3/c1-12(10-13-6-3-2-4-7-13)18-15-14(11-16)8-5-9-17-15/h2-9,12H,10H2,1H3,(H,17,18). The van der Waals surface area contributed by atoms with Gasteiger partial charge < -0.3 is 5.32 Å². The Balaban J connectivity index is 2.04. The van der Waals surface area contributed by atoms with E-state index in [2.05, 4.69) is 35.4 Å². The lowest BCUT2D eigenvalue weighted by molar-refractivity contribution is 0.784. The summed E-state index contributed by atoms with van der Waals surface area (Å²) in [6.45, 7) is 2.09. The molecule has 0 saturated heterocycles. The van der Waals surface area contributed by atoms with Crippen LogP contribution in [-0.2, 0) is 6.42 Å². The van der Waals surface area contributed by atoms with Crippen LogP contribution in [0.5, 0.6) is 0 Å². The number of pyridine rings is 1. The summed E-state index contributed by atoms with van der Waals surface area (Å²) in [5, 5.41) is 12.3. The fourth-order valence-corrected chi connectivity index (χ4v) is 1.86. The number of rotatable bonds is 4. The van der Waals surface area contributed by atoms with Crippen molar-refractivity contribution in [1.82, 2.24) is 4.98 Å². The number of nitrogens with one attached hydrogen (secondary N) is 1. The Hall–Kier alpha value is -2.34. The number of hydrogen-bond acceptors (Lipinski definition) is 3. The first-order chi connectivity index (χ1) is 8.79. The van der Waals surface area contributed by atoms with E-state index in [4.69, 9.17) is 5.26 Å². The molecule has 1 heterocycles. The van der Waals surface area contributed by atoms with Gasteiger partial charge >= 0.3 is 0 Å². The van der Waals surface area contributed by atoms with Gasteiger partial charge in [0, 0.05) is 12.2 Å². The van der Waals surface area contributed by atoms with Crippen LogP contribution >= 0.6 is 0 Å². The number of aromatic nitrogens is 1. The van der Waals surface area contributed by atoms with E-state index in [9.17, 15) is 0 Å². The van der Waals surface area contributed by atoms with E-state index in [1.54, 1.807) is 18.3 Å². The lowest BCUT2D eigenvalue weighted by atomic mass is 10.1. The van der Waals surface area contributed by atoms with Gasteiger partial charge in [-0.05, 0) is 31.0 Å². The molecule has 0 fully saturated rings. The molecule has 0 amide bonds. The van der Waals surface area contributed by atoms with Gasteiger partial charge in [0.05, 0.1) is 5.56 Å². The van der Waals surface area contributed by atoms with E-state index < -0.39 is 0 Å². The monoisotopic (exact) mass is 237 g/mol. The third-order valence-corrected chi connectivity index (χ3v) is 2.70. The van der Waals surface area contributed by atoms with Crippen LogP contribution in [0, 0.1) is 11.3 Å². The maximum absolute atomic E-state index is 8.99. The summed E-state index contributed by atoms with van der Waals surface area (Å²) >= 11 is 0. The van der Waals surface area contributed by atoms with Crippen LogP contribution in [0.2, 0.25) is 0 Å². The highest BCUT2D eigenvalue weighted by atomic mass is 15.0. The highest BCUT2D eigenvalue weighted by molar-refractivity contribution is 5.51. The topological polar surface area (TPSA) is 48.7 Å². The largest absolute Gasteiger partial charge is 0.366 e. The normalized spacial score (nSPS) is 11.6. The summed E-state index contributed by atoms with van der Waals surface area (Å²) in [4.78, 5) is 4.20. The Kier molecular flexibility index (Phi) is 3.93. The molecule has 1 N–H and O–H groups in total. The van der Waals surface area contributed by atoms with E-state index in [1.165, 1.54) is 5.56 Å². The van der Waals surface area contributed by atoms with E-state index in [0.29, 0.717) is 11.4 Å². The first kappa shape index (κ1) is 12.1. The third-order valence-electron chi connectivity index (χ3n) is 2.70. The summed E-state index contributed by atoms with van der Waals surface area (Å²) < 4.78 is 0. The molecule has 0 bridgehead atoms. The van der Waals surface area contributed by atoms with Crippen LogP contribution in [0.15, 0.2) is 48.7 Å². The van der Waals surface area contributed by atoms with Crippen molar-refractivity contribution in [3.8, 4) is 6.07 Å². The molecule has 18 heavy (non-hydrogen) atoms. The van der Waals surface area contributed by atoms with Gasteiger partial charge in [0.2, 0.25) is 0 Å². The van der Waals surface area contributed by atoms with Crippen molar-refractivity contribution in [1.29, 1.82) is 5.26 Å². The summed E-state index contributed by atoms with van der Waals surface area (Å²) in [6, 6.07) is 16.2. The minimum atomic E-state index is 0.231. The van der Waals surface area contributed by atoms with Crippen molar-refractivity contribution in [3.63, 3.8) is 0 Å². The Morgan fingerprint density at radius 1 is 1.22 bits per heavy atom. The van der Waals surface area contributed by atoms with Gasteiger partial charge in [-0.25, -0.2) is 4.98 Å². The molecule has 3 nitrogen and oxygen atoms in total. The SMILES string of the molecule is CC(Cc1ccccc1)Nc1ncccc1C#N. The van der Waals surface area contributed by atoms with Crippen molar-refractivity contribution in [2.24, 2.45) is 0 Å². The van der Waals surface area contributed by atoms with Gasteiger partial charge in [-0.2, -0.15) is 5.26 Å². The van der Waals surface area contributed by atoms with Crippen LogP contribution in [0.25, 0.3) is 0 Å². The van der Waals surface area contributed by atoms with Crippen molar-refractivity contribution in [3.05, 3.63) is 59.8 Å². The molecule has 0 radical (unpaired) electrons. The van der Waals surface area contributed by atoms with Crippen molar-refractivity contribution in [2.75, 3.05) is 5.32 Å². The molecule has 90 valence electrons. The maximum Gasteiger partial charge on any atom is 0.144 e. The molecule has 1 atom stereocenters. The van der Waals surface area contributed by atoms with Crippen LogP contribution in [0.1, 0.15) is 18.1 Å². The average molecular weight is 237 g/mol. The second-order valence-corrected chi connectivity index (χ2v) is 4.25. The zero-order valence-electron chi connectivity index (χ0n) is 10.3. The molecule has 1 aromatic carbocycles. The molecular weight excluding hydrogens is 222 g/mol. The fraction of sp³-hybridized carbons (Fsp3) is 0.200. The summed E-state index contributed by atoms with van der Waals surface area (Å²) in [5.74, 6) is 0.656. The highest BCUT2D eigenvalue weighted by Crippen LogP contribution is 2.13. The van der Waals surface area contributed by atoms with E-state index in [0.717, 1.165) is 6.42 Å². The molecule has 0 spiro atoms. The molecule has 3 heteroatoms. The van der Waals surface area contributed by atoms with Crippen molar-refractivity contribution < 1.29 is 0 Å². The molecular formula is C15H15N3. The number of hydrogen-bond donors (Lipinski definition) is 1. The second-order valence-electron chi connectivity index (χ2n) is 4.25. The first-order valence-electron chi connectivity index (χ1n) is 5.95. The first-order valence-corrected chi connectivity index (χ1v) is 5.95. The number of benzene rings is 1. The Morgan fingerprint density at radius 2 is 2.00 bits per heavy atom. The maximum atomic E-state index is 8.99. The van der Waals surface area contributed by atoms with Crippen LogP contribution < -0.4 is 5.32 Å². The Labute approximate surface area is 107 Å². The third kappa shape index (κ3) is 3.08. The van der Waals surface area contributed by atoms with Gasteiger partial charge in [0.1, 0.15) is 11.9 Å². The van der Waals surface area contributed by atoms with Crippen molar-refractivity contribution in [2.45, 2.75) is 19.4 Å². The zero-order valence-corrected chi connectivity index (χ0v) is 10.3. The van der Waals surface area contributed by atoms with Crippen molar-refractivity contribution >= 4 is 5.82 Å². The molecule has 1 unspecified atom stereocenters. The number of nitrogens with zero attached hydrogens (tertiary/aromatic N) is 2. The molecule has 0 aliphatic carbocycles. The summed E-state index contributed by atoms with van der Waals surface area (Å²) in [5.41, 5.74) is 1.85. The lowest BCUT2D eigenvalue weighted by Gasteiger charge is -2.15. The van der Waals surface area contributed by atoms with Gasteiger partial charge in [-0.3, -0.25) is 0 Å².